The van der Waals surface area contributed by atoms with Gasteiger partial charge >= 0.3 is 5.97 Å². The van der Waals surface area contributed by atoms with Gasteiger partial charge in [-0.05, 0) is 52.5 Å². The average Bonchev–Trinajstić information content (AvgIpc) is 3.35. The SMILES string of the molecule is CCC1C[C@]1(NC(=O)[C@@H]1CCCN1C(=O)CNC(O)NC(CN1CCCN(C(C)C)S1(=O)=O)NC)C(=O)O. The van der Waals surface area contributed by atoms with Crippen molar-refractivity contribution in [3.05, 3.63) is 0 Å². The van der Waals surface area contributed by atoms with Gasteiger partial charge in [0.15, 0.2) is 6.35 Å². The van der Waals surface area contributed by atoms with Crippen LogP contribution in [0.3, 0.4) is 0 Å². The Labute approximate surface area is 224 Å². The standard InChI is InChI=1S/C23H43N7O7S/c1-5-16-12-23(16,21(33)34)27-20(32)17-8-6-10-29(17)19(31)13-25-22(35)26-18(24-4)14-28-9-7-11-30(15(2)3)38(28,36)37/h15-18,22,24-26,35H,5-14H2,1-4H3,(H,27,32)(H,33,34)/t16?,17-,18?,22?,23+/m0/s1. The van der Waals surface area contributed by atoms with Crippen LogP contribution in [0.1, 0.15) is 52.9 Å². The fourth-order valence-corrected chi connectivity index (χ4v) is 7.28. The van der Waals surface area contributed by atoms with E-state index in [1.807, 2.05) is 20.8 Å². The quantitative estimate of drug-likeness (QED) is 0.138. The summed E-state index contributed by atoms with van der Waals surface area (Å²) in [6, 6.07) is -0.924. The summed E-state index contributed by atoms with van der Waals surface area (Å²) in [4.78, 5) is 38.9. The number of amides is 2. The van der Waals surface area contributed by atoms with Crippen LogP contribution in [0.4, 0.5) is 0 Å². The molecule has 3 unspecified atom stereocenters. The Morgan fingerprint density at radius 3 is 2.42 bits per heavy atom. The lowest BCUT2D eigenvalue weighted by molar-refractivity contribution is -0.145. The van der Waals surface area contributed by atoms with Gasteiger partial charge in [0, 0.05) is 32.2 Å². The number of carboxylic acid groups (broad SMARTS) is 1. The molecule has 5 atom stereocenters. The number of nitrogens with one attached hydrogen (secondary N) is 4. The number of carbonyl (C=O) groups is 3. The number of hydrogen-bond acceptors (Lipinski definition) is 9. The van der Waals surface area contributed by atoms with E-state index >= 15 is 0 Å². The summed E-state index contributed by atoms with van der Waals surface area (Å²) >= 11 is 0. The summed E-state index contributed by atoms with van der Waals surface area (Å²) in [5.41, 5.74) is -1.25. The van der Waals surface area contributed by atoms with E-state index < -0.39 is 52.1 Å². The number of likely N-dealkylation sites (N-methyl/N-ethyl adjacent to an activating group) is 1. The molecule has 3 aliphatic rings. The van der Waals surface area contributed by atoms with Crippen LogP contribution in [-0.4, -0.2) is 120 Å². The largest absolute Gasteiger partial charge is 0.479 e. The van der Waals surface area contributed by atoms with Gasteiger partial charge in [0.05, 0.1) is 12.7 Å². The van der Waals surface area contributed by atoms with E-state index in [1.54, 1.807) is 7.05 Å². The molecule has 2 aliphatic heterocycles. The third-order valence-electron chi connectivity index (χ3n) is 7.73. The Morgan fingerprint density at radius 2 is 1.84 bits per heavy atom. The minimum absolute atomic E-state index is 0.0766. The molecular weight excluding hydrogens is 518 g/mol. The molecule has 3 rings (SSSR count). The van der Waals surface area contributed by atoms with Crippen molar-refractivity contribution in [1.82, 2.24) is 34.8 Å². The van der Waals surface area contributed by atoms with Crippen molar-refractivity contribution < 1.29 is 33.0 Å². The minimum Gasteiger partial charge on any atom is -0.479 e. The number of carboxylic acids is 1. The second-order valence-electron chi connectivity index (χ2n) is 10.5. The molecule has 2 amide bonds. The molecule has 0 aromatic rings. The third kappa shape index (κ3) is 6.63. The molecule has 1 saturated carbocycles. The lowest BCUT2D eigenvalue weighted by Crippen LogP contribution is -2.61. The minimum atomic E-state index is -3.63. The van der Waals surface area contributed by atoms with E-state index in [-0.39, 0.29) is 25.0 Å². The lowest BCUT2D eigenvalue weighted by atomic mass is 10.1. The Kier molecular flexibility index (Phi) is 10.1. The monoisotopic (exact) mass is 561 g/mol. The average molecular weight is 562 g/mol. The molecule has 0 aromatic heterocycles. The summed E-state index contributed by atoms with van der Waals surface area (Å²) in [7, 11) is -1.99. The van der Waals surface area contributed by atoms with E-state index in [0.717, 1.165) is 0 Å². The number of likely N-dealkylation sites (tertiary alicyclic amines) is 1. The van der Waals surface area contributed by atoms with Crippen LogP contribution in [0.2, 0.25) is 0 Å². The van der Waals surface area contributed by atoms with Crippen molar-refractivity contribution in [3.63, 3.8) is 0 Å². The van der Waals surface area contributed by atoms with E-state index in [1.165, 1.54) is 13.5 Å². The summed E-state index contributed by atoms with van der Waals surface area (Å²) in [5.74, 6) is -2.05. The zero-order valence-electron chi connectivity index (χ0n) is 22.6. The molecule has 14 nitrogen and oxygen atoms in total. The maximum Gasteiger partial charge on any atom is 0.329 e. The molecule has 2 heterocycles. The Hall–Kier alpha value is -1.88. The molecular formula is C23H43N7O7S. The van der Waals surface area contributed by atoms with Gasteiger partial charge in [-0.25, -0.2) is 4.79 Å². The molecule has 38 heavy (non-hydrogen) atoms. The Morgan fingerprint density at radius 1 is 1.13 bits per heavy atom. The molecule has 3 fully saturated rings. The maximum atomic E-state index is 12.9. The predicted molar refractivity (Wildman–Crippen MR) is 139 cm³/mol. The van der Waals surface area contributed by atoms with Crippen LogP contribution in [0, 0.1) is 5.92 Å². The number of aliphatic hydroxyl groups is 1. The van der Waals surface area contributed by atoms with Crippen molar-refractivity contribution in [3.8, 4) is 0 Å². The number of aliphatic hydroxyl groups excluding tert-OH is 1. The van der Waals surface area contributed by atoms with Crippen LogP contribution in [0.5, 0.6) is 0 Å². The highest BCUT2D eigenvalue weighted by molar-refractivity contribution is 7.86. The fraction of sp³-hybridized carbons (Fsp3) is 0.870. The molecule has 0 aromatic carbocycles. The number of nitrogens with zero attached hydrogens (tertiary/aromatic N) is 3. The van der Waals surface area contributed by atoms with Crippen LogP contribution in [-0.2, 0) is 24.6 Å². The highest BCUT2D eigenvalue weighted by Gasteiger charge is 2.61. The van der Waals surface area contributed by atoms with E-state index in [4.69, 9.17) is 0 Å². The van der Waals surface area contributed by atoms with Gasteiger partial charge in [-0.2, -0.15) is 17.0 Å². The van der Waals surface area contributed by atoms with Gasteiger partial charge in [0.1, 0.15) is 11.6 Å². The first kappa shape index (κ1) is 30.7. The highest BCUT2D eigenvalue weighted by Crippen LogP contribution is 2.46. The molecule has 15 heteroatoms. The first-order valence-electron chi connectivity index (χ1n) is 13.3. The summed E-state index contributed by atoms with van der Waals surface area (Å²) in [5, 5.41) is 31.1. The normalized spacial score (nSPS) is 29.3. The van der Waals surface area contributed by atoms with Crippen LogP contribution in [0.15, 0.2) is 0 Å². The summed E-state index contributed by atoms with van der Waals surface area (Å²) in [6.45, 7) is 6.53. The molecule has 1 aliphatic carbocycles. The second kappa shape index (κ2) is 12.5. The molecule has 0 spiro atoms. The smallest absolute Gasteiger partial charge is 0.329 e. The van der Waals surface area contributed by atoms with Crippen molar-refractivity contribution in [2.45, 2.75) is 83.0 Å². The van der Waals surface area contributed by atoms with E-state index in [9.17, 15) is 33.0 Å². The number of aliphatic carboxylic acids is 1. The van der Waals surface area contributed by atoms with Gasteiger partial charge in [-0.1, -0.05) is 13.3 Å². The number of hydrogen-bond donors (Lipinski definition) is 6. The second-order valence-corrected chi connectivity index (χ2v) is 12.4. The van der Waals surface area contributed by atoms with Gasteiger partial charge in [-0.15, -0.1) is 0 Å². The van der Waals surface area contributed by atoms with Crippen molar-refractivity contribution in [1.29, 1.82) is 0 Å². The summed E-state index contributed by atoms with van der Waals surface area (Å²) < 4.78 is 28.6. The third-order valence-corrected chi connectivity index (χ3v) is 9.91. The Bertz CT molecular complexity index is 981. The molecule has 0 bridgehead atoms. The Balaban J connectivity index is 1.50. The molecule has 0 radical (unpaired) electrons. The lowest BCUT2D eigenvalue weighted by Gasteiger charge is -2.38. The predicted octanol–water partition coefficient (Wildman–Crippen LogP) is -1.99. The first-order chi connectivity index (χ1) is 17.9. The topological polar surface area (TPSA) is 184 Å². The van der Waals surface area contributed by atoms with Gasteiger partial charge in [-0.3, -0.25) is 20.2 Å². The van der Waals surface area contributed by atoms with Crippen molar-refractivity contribution in [2.24, 2.45) is 5.92 Å². The van der Waals surface area contributed by atoms with Crippen LogP contribution >= 0.6 is 0 Å². The zero-order valence-corrected chi connectivity index (χ0v) is 23.5. The van der Waals surface area contributed by atoms with Crippen molar-refractivity contribution >= 4 is 28.0 Å². The molecule has 6 N–H and O–H groups in total. The van der Waals surface area contributed by atoms with Crippen LogP contribution in [0.25, 0.3) is 0 Å². The van der Waals surface area contributed by atoms with Crippen LogP contribution < -0.4 is 21.3 Å². The number of rotatable bonds is 13. The van der Waals surface area contributed by atoms with Gasteiger partial charge in [0.25, 0.3) is 10.2 Å². The summed E-state index contributed by atoms with van der Waals surface area (Å²) in [6.07, 6.45) is 0.837. The first-order valence-corrected chi connectivity index (χ1v) is 14.7. The molecule has 2 saturated heterocycles. The van der Waals surface area contributed by atoms with Crippen molar-refractivity contribution in [2.75, 3.05) is 39.8 Å². The molecule has 218 valence electrons. The number of carbonyl (C=O) groups excluding carboxylic acids is 2. The fourth-order valence-electron chi connectivity index (χ4n) is 5.39. The van der Waals surface area contributed by atoms with E-state index in [0.29, 0.717) is 51.7 Å². The van der Waals surface area contributed by atoms with Gasteiger partial charge in [0.2, 0.25) is 11.8 Å². The highest BCUT2D eigenvalue weighted by atomic mass is 32.2. The maximum absolute atomic E-state index is 12.9. The van der Waals surface area contributed by atoms with Gasteiger partial charge < -0.3 is 25.7 Å². The van der Waals surface area contributed by atoms with E-state index in [2.05, 4.69) is 21.3 Å². The zero-order chi connectivity index (χ0) is 28.3.